The lowest BCUT2D eigenvalue weighted by molar-refractivity contribution is 0.185. The maximum Gasteiger partial charge on any atom is 0.322 e. The van der Waals surface area contributed by atoms with Gasteiger partial charge in [0.2, 0.25) is 0 Å². The minimum Gasteiger partial charge on any atom is -0.315 e. The van der Waals surface area contributed by atoms with Crippen LogP contribution in [0.2, 0.25) is 15.1 Å². The molecule has 1 heterocycles. The zero-order valence-electron chi connectivity index (χ0n) is 19.4. The molecule has 0 radical (unpaired) electrons. The van der Waals surface area contributed by atoms with Crippen LogP contribution >= 0.6 is 34.8 Å². The molecular formula is C26H22Cl3FN4O2. The van der Waals surface area contributed by atoms with Crippen molar-refractivity contribution in [2.75, 3.05) is 11.9 Å². The molecule has 0 saturated heterocycles. The van der Waals surface area contributed by atoms with Gasteiger partial charge in [0.15, 0.2) is 0 Å². The first kappa shape index (κ1) is 25.9. The molecule has 3 aromatic carbocycles. The maximum absolute atomic E-state index is 13.9. The quantitative estimate of drug-likeness (QED) is 0.272. The Morgan fingerprint density at radius 3 is 2.47 bits per heavy atom. The second kappa shape index (κ2) is 10.9. The average Bonchev–Trinajstić information content (AvgIpc) is 2.86. The number of nitrogens with one attached hydrogen (secondary N) is 1. The summed E-state index contributed by atoms with van der Waals surface area (Å²) in [5.41, 5.74) is 0.871. The maximum atomic E-state index is 13.9. The number of carbonyl (C=O) groups excluding carboxylic acids is 1. The molecule has 0 aliphatic rings. The number of carbonyl (C=O) groups is 1. The van der Waals surface area contributed by atoms with Crippen LogP contribution in [0.5, 0.6) is 0 Å². The zero-order valence-corrected chi connectivity index (χ0v) is 21.7. The summed E-state index contributed by atoms with van der Waals surface area (Å²) in [4.78, 5) is 33.4. The molecule has 10 heteroatoms. The molecule has 36 heavy (non-hydrogen) atoms. The van der Waals surface area contributed by atoms with E-state index in [0.29, 0.717) is 51.1 Å². The van der Waals surface area contributed by atoms with E-state index in [2.05, 4.69) is 5.32 Å². The number of benzene rings is 3. The van der Waals surface area contributed by atoms with E-state index in [1.165, 1.54) is 28.8 Å². The standard InChI is InChI=1S/C26H22Cl3FN4O2/c1-3-23(33(4-2)26(36)32-22-12-9-15(27)13-19(22)29)24-31-21-8-6-5-7-17(21)25(35)34(24)16-10-11-20(30)18(28)14-16/h5-14,23H,3-4H2,1-2H3,(H,32,36). The number of nitrogens with zero attached hydrogens (tertiary/aromatic N) is 3. The second-order valence-electron chi connectivity index (χ2n) is 7.99. The van der Waals surface area contributed by atoms with Crippen LogP contribution in [0.1, 0.15) is 32.1 Å². The van der Waals surface area contributed by atoms with Gasteiger partial charge in [0, 0.05) is 11.6 Å². The van der Waals surface area contributed by atoms with Crippen molar-refractivity contribution < 1.29 is 9.18 Å². The highest BCUT2D eigenvalue weighted by Crippen LogP contribution is 2.30. The minimum absolute atomic E-state index is 0.131. The van der Waals surface area contributed by atoms with Crippen LogP contribution in [0, 0.1) is 5.82 Å². The molecule has 0 aliphatic carbocycles. The van der Waals surface area contributed by atoms with Gasteiger partial charge in [0.05, 0.1) is 38.4 Å². The van der Waals surface area contributed by atoms with Gasteiger partial charge in [0.25, 0.3) is 5.56 Å². The smallest absolute Gasteiger partial charge is 0.315 e. The summed E-state index contributed by atoms with van der Waals surface area (Å²) >= 11 is 18.3. The fourth-order valence-corrected chi connectivity index (χ4v) is 4.70. The van der Waals surface area contributed by atoms with Crippen LogP contribution in [0.15, 0.2) is 65.5 Å². The Morgan fingerprint density at radius 2 is 1.81 bits per heavy atom. The first-order valence-electron chi connectivity index (χ1n) is 11.2. The number of aromatic nitrogens is 2. The molecule has 0 aliphatic heterocycles. The summed E-state index contributed by atoms with van der Waals surface area (Å²) in [5.74, 6) is -0.284. The molecular weight excluding hydrogens is 526 g/mol. The van der Waals surface area contributed by atoms with E-state index in [9.17, 15) is 14.0 Å². The SMILES string of the molecule is CCC(c1nc2ccccc2c(=O)n1-c1ccc(F)c(Cl)c1)N(CC)C(=O)Nc1ccc(Cl)cc1Cl. The number of hydrogen-bond donors (Lipinski definition) is 1. The number of rotatable bonds is 6. The third kappa shape index (κ3) is 5.05. The molecule has 0 saturated carbocycles. The number of urea groups is 1. The van der Waals surface area contributed by atoms with Gasteiger partial charge >= 0.3 is 6.03 Å². The number of anilines is 1. The van der Waals surface area contributed by atoms with E-state index in [4.69, 9.17) is 39.8 Å². The second-order valence-corrected chi connectivity index (χ2v) is 9.24. The van der Waals surface area contributed by atoms with Crippen molar-refractivity contribution in [2.24, 2.45) is 0 Å². The molecule has 0 bridgehead atoms. The third-order valence-corrected chi connectivity index (χ3v) is 6.64. The number of halogens is 4. The Kier molecular flexibility index (Phi) is 7.83. The van der Waals surface area contributed by atoms with Gasteiger partial charge in [0.1, 0.15) is 11.6 Å². The van der Waals surface area contributed by atoms with Crippen LogP contribution in [0.4, 0.5) is 14.9 Å². The number of hydrogen-bond acceptors (Lipinski definition) is 3. The molecule has 4 rings (SSSR count). The molecule has 2 amide bonds. The van der Waals surface area contributed by atoms with E-state index in [1.54, 1.807) is 41.3 Å². The van der Waals surface area contributed by atoms with E-state index in [1.807, 2.05) is 13.8 Å². The van der Waals surface area contributed by atoms with Gasteiger partial charge in [-0.15, -0.1) is 0 Å². The first-order chi connectivity index (χ1) is 17.2. The lowest BCUT2D eigenvalue weighted by Gasteiger charge is -2.31. The van der Waals surface area contributed by atoms with Gasteiger partial charge in [-0.05, 0) is 61.9 Å². The highest BCUT2D eigenvalue weighted by Gasteiger charge is 2.28. The van der Waals surface area contributed by atoms with E-state index in [-0.39, 0.29) is 10.6 Å². The van der Waals surface area contributed by atoms with Gasteiger partial charge < -0.3 is 10.2 Å². The molecule has 1 N–H and O–H groups in total. The molecule has 6 nitrogen and oxygen atoms in total. The predicted molar refractivity (Wildman–Crippen MR) is 143 cm³/mol. The fourth-order valence-electron chi connectivity index (χ4n) is 4.07. The van der Waals surface area contributed by atoms with Crippen LogP contribution < -0.4 is 10.9 Å². The van der Waals surface area contributed by atoms with Crippen molar-refractivity contribution in [3.8, 4) is 5.69 Å². The van der Waals surface area contributed by atoms with Gasteiger partial charge in [-0.2, -0.15) is 0 Å². The monoisotopic (exact) mass is 546 g/mol. The van der Waals surface area contributed by atoms with E-state index >= 15 is 0 Å². The van der Waals surface area contributed by atoms with Crippen molar-refractivity contribution in [3.05, 3.63) is 97.7 Å². The van der Waals surface area contributed by atoms with Gasteiger partial charge in [-0.3, -0.25) is 9.36 Å². The topological polar surface area (TPSA) is 67.2 Å². The number of para-hydroxylation sites is 1. The number of amides is 2. The summed E-state index contributed by atoms with van der Waals surface area (Å²) in [6.45, 7) is 4.02. The predicted octanol–water partition coefficient (Wildman–Crippen LogP) is 7.49. The van der Waals surface area contributed by atoms with Crippen molar-refractivity contribution in [3.63, 3.8) is 0 Å². The first-order valence-corrected chi connectivity index (χ1v) is 12.4. The summed E-state index contributed by atoms with van der Waals surface area (Å²) in [5, 5.41) is 3.80. The Balaban J connectivity index is 1.86. The van der Waals surface area contributed by atoms with Crippen LogP contribution in [-0.2, 0) is 0 Å². The lowest BCUT2D eigenvalue weighted by Crippen LogP contribution is -2.40. The molecule has 4 aromatic rings. The fraction of sp³-hybridized carbons (Fsp3) is 0.192. The van der Waals surface area contributed by atoms with Crippen LogP contribution in [0.3, 0.4) is 0 Å². The van der Waals surface area contributed by atoms with E-state index < -0.39 is 17.9 Å². The Labute approximate surface area is 222 Å². The highest BCUT2D eigenvalue weighted by atomic mass is 35.5. The van der Waals surface area contributed by atoms with Crippen molar-refractivity contribution in [1.82, 2.24) is 14.5 Å². The Bertz CT molecular complexity index is 1510. The largest absolute Gasteiger partial charge is 0.322 e. The average molecular weight is 548 g/mol. The molecule has 186 valence electrons. The summed E-state index contributed by atoms with van der Waals surface area (Å²) < 4.78 is 15.3. The Morgan fingerprint density at radius 1 is 1.06 bits per heavy atom. The van der Waals surface area contributed by atoms with E-state index in [0.717, 1.165) is 0 Å². The molecule has 0 spiro atoms. The lowest BCUT2D eigenvalue weighted by atomic mass is 10.1. The normalized spacial score (nSPS) is 11.9. The molecule has 1 unspecified atom stereocenters. The van der Waals surface area contributed by atoms with Gasteiger partial charge in [-0.25, -0.2) is 14.2 Å². The van der Waals surface area contributed by atoms with Crippen LogP contribution in [-0.4, -0.2) is 27.0 Å². The third-order valence-electron chi connectivity index (χ3n) is 5.80. The summed E-state index contributed by atoms with van der Waals surface area (Å²) in [7, 11) is 0. The summed E-state index contributed by atoms with van der Waals surface area (Å²) in [6, 6.07) is 14.7. The zero-order chi connectivity index (χ0) is 26.0. The highest BCUT2D eigenvalue weighted by molar-refractivity contribution is 6.36. The van der Waals surface area contributed by atoms with Crippen molar-refractivity contribution >= 4 is 57.4 Å². The molecule has 1 aromatic heterocycles. The van der Waals surface area contributed by atoms with Crippen LogP contribution in [0.25, 0.3) is 16.6 Å². The number of fused-ring (bicyclic) bond motifs is 1. The summed E-state index contributed by atoms with van der Waals surface area (Å²) in [6.07, 6.45) is 0.440. The Hall–Kier alpha value is -3.13. The van der Waals surface area contributed by atoms with Crippen molar-refractivity contribution in [1.29, 1.82) is 0 Å². The molecule has 0 fully saturated rings. The molecule has 1 atom stereocenters. The minimum atomic E-state index is -0.609. The van der Waals surface area contributed by atoms with Gasteiger partial charge in [-0.1, -0.05) is 53.9 Å². The van der Waals surface area contributed by atoms with Crippen molar-refractivity contribution in [2.45, 2.75) is 26.3 Å².